The Hall–Kier alpha value is -3.67. The third-order valence-corrected chi connectivity index (χ3v) is 5.93. The monoisotopic (exact) mass is 414 g/mol. The number of halogens is 1. The standard InChI is InChI=1S/C25H23FN4O/c26-24-9-5-4-6-19(24)12-18-10-11-29(16-18)25(31)23-15-27-14-22(23)20-13-28-30(17-20)21-7-2-1-3-8-21/h1-9,13-15,17-18,27H,10-12,16H2. The van der Waals surface area contributed by atoms with Crippen molar-refractivity contribution in [1.29, 1.82) is 0 Å². The van der Waals surface area contributed by atoms with Crippen LogP contribution in [0.3, 0.4) is 0 Å². The number of rotatable bonds is 5. The first kappa shape index (κ1) is 19.3. The van der Waals surface area contributed by atoms with Gasteiger partial charge in [-0.3, -0.25) is 4.79 Å². The summed E-state index contributed by atoms with van der Waals surface area (Å²) in [6.45, 7) is 1.33. The first-order valence-corrected chi connectivity index (χ1v) is 10.5. The molecule has 1 saturated heterocycles. The van der Waals surface area contributed by atoms with Gasteiger partial charge in [0.1, 0.15) is 5.82 Å². The van der Waals surface area contributed by atoms with E-state index < -0.39 is 0 Å². The molecule has 5 rings (SSSR count). The van der Waals surface area contributed by atoms with Crippen molar-refractivity contribution in [2.45, 2.75) is 12.8 Å². The molecule has 1 amide bonds. The van der Waals surface area contributed by atoms with Crippen LogP contribution in [-0.2, 0) is 6.42 Å². The van der Waals surface area contributed by atoms with Crippen LogP contribution in [0.2, 0.25) is 0 Å². The molecule has 0 radical (unpaired) electrons. The van der Waals surface area contributed by atoms with E-state index in [9.17, 15) is 9.18 Å². The number of aromatic nitrogens is 3. The number of hydrogen-bond donors (Lipinski definition) is 1. The van der Waals surface area contributed by atoms with E-state index in [0.29, 0.717) is 25.1 Å². The number of amides is 1. The fraction of sp³-hybridized carbons (Fsp3) is 0.200. The van der Waals surface area contributed by atoms with Crippen molar-refractivity contribution in [2.24, 2.45) is 5.92 Å². The highest BCUT2D eigenvalue weighted by molar-refractivity contribution is 6.00. The number of likely N-dealkylation sites (tertiary alicyclic amines) is 1. The zero-order valence-corrected chi connectivity index (χ0v) is 17.0. The van der Waals surface area contributed by atoms with E-state index in [1.54, 1.807) is 23.1 Å². The maximum atomic E-state index is 14.0. The maximum Gasteiger partial charge on any atom is 0.256 e. The van der Waals surface area contributed by atoms with Gasteiger partial charge in [0.15, 0.2) is 0 Å². The van der Waals surface area contributed by atoms with Crippen LogP contribution in [0.15, 0.2) is 79.4 Å². The average molecular weight is 414 g/mol. The molecule has 1 aliphatic rings. The Morgan fingerprint density at radius 3 is 2.74 bits per heavy atom. The van der Waals surface area contributed by atoms with Crippen molar-refractivity contribution in [3.05, 3.63) is 96.3 Å². The molecular formula is C25H23FN4O. The molecule has 156 valence electrons. The molecule has 1 aliphatic heterocycles. The Labute approximate surface area is 180 Å². The lowest BCUT2D eigenvalue weighted by atomic mass is 9.98. The molecule has 0 bridgehead atoms. The minimum absolute atomic E-state index is 0.000236. The Morgan fingerprint density at radius 2 is 1.90 bits per heavy atom. The van der Waals surface area contributed by atoms with Crippen LogP contribution < -0.4 is 0 Å². The minimum atomic E-state index is -0.171. The number of nitrogens with zero attached hydrogens (tertiary/aromatic N) is 3. The quantitative estimate of drug-likeness (QED) is 0.514. The molecule has 1 fully saturated rings. The second-order valence-electron chi connectivity index (χ2n) is 7.99. The molecule has 5 nitrogen and oxygen atoms in total. The summed E-state index contributed by atoms with van der Waals surface area (Å²) in [5.41, 5.74) is 4.05. The van der Waals surface area contributed by atoms with E-state index in [-0.39, 0.29) is 17.6 Å². The lowest BCUT2D eigenvalue weighted by molar-refractivity contribution is 0.0788. The first-order valence-electron chi connectivity index (χ1n) is 10.5. The van der Waals surface area contributed by atoms with Crippen LogP contribution in [0.4, 0.5) is 4.39 Å². The molecule has 2 aromatic heterocycles. The summed E-state index contributed by atoms with van der Waals surface area (Å²) in [5, 5.41) is 4.45. The fourth-order valence-electron chi connectivity index (χ4n) is 4.29. The molecule has 31 heavy (non-hydrogen) atoms. The van der Waals surface area contributed by atoms with E-state index >= 15 is 0 Å². The second kappa shape index (κ2) is 8.22. The van der Waals surface area contributed by atoms with Gasteiger partial charge in [0.2, 0.25) is 0 Å². The topological polar surface area (TPSA) is 53.9 Å². The predicted octanol–water partition coefficient (Wildman–Crippen LogP) is 4.71. The second-order valence-corrected chi connectivity index (χ2v) is 7.99. The lowest BCUT2D eigenvalue weighted by Gasteiger charge is -2.17. The van der Waals surface area contributed by atoms with Gasteiger partial charge in [-0.05, 0) is 42.5 Å². The molecule has 1 unspecified atom stereocenters. The Bertz CT molecular complexity index is 1200. The van der Waals surface area contributed by atoms with E-state index in [4.69, 9.17) is 0 Å². The van der Waals surface area contributed by atoms with Crippen molar-refractivity contribution in [3.63, 3.8) is 0 Å². The minimum Gasteiger partial charge on any atom is -0.366 e. The SMILES string of the molecule is O=C(c1c[nH]cc1-c1cnn(-c2ccccc2)c1)N1CCC(Cc2ccccc2F)C1. The molecule has 0 saturated carbocycles. The van der Waals surface area contributed by atoms with Crippen molar-refractivity contribution in [3.8, 4) is 16.8 Å². The summed E-state index contributed by atoms with van der Waals surface area (Å²) in [5.74, 6) is 0.0967. The first-order chi connectivity index (χ1) is 15.2. The van der Waals surface area contributed by atoms with Crippen LogP contribution in [0.5, 0.6) is 0 Å². The van der Waals surface area contributed by atoms with Gasteiger partial charge in [-0.25, -0.2) is 9.07 Å². The van der Waals surface area contributed by atoms with Crippen LogP contribution in [-0.4, -0.2) is 38.7 Å². The largest absolute Gasteiger partial charge is 0.366 e. The van der Waals surface area contributed by atoms with Crippen LogP contribution in [0.1, 0.15) is 22.3 Å². The lowest BCUT2D eigenvalue weighted by Crippen LogP contribution is -2.29. The number of carbonyl (C=O) groups is 1. The van der Waals surface area contributed by atoms with Gasteiger partial charge in [-0.1, -0.05) is 36.4 Å². The number of para-hydroxylation sites is 1. The number of H-pyrrole nitrogens is 1. The highest BCUT2D eigenvalue weighted by Crippen LogP contribution is 2.28. The molecular weight excluding hydrogens is 391 g/mol. The highest BCUT2D eigenvalue weighted by atomic mass is 19.1. The summed E-state index contributed by atoms with van der Waals surface area (Å²) in [6, 6.07) is 16.8. The Balaban J connectivity index is 1.31. The summed E-state index contributed by atoms with van der Waals surface area (Å²) in [4.78, 5) is 18.2. The maximum absolute atomic E-state index is 14.0. The van der Waals surface area contributed by atoms with E-state index in [2.05, 4.69) is 10.1 Å². The van der Waals surface area contributed by atoms with Crippen molar-refractivity contribution >= 4 is 5.91 Å². The van der Waals surface area contributed by atoms with E-state index in [1.807, 2.05) is 59.8 Å². The van der Waals surface area contributed by atoms with Crippen LogP contribution in [0.25, 0.3) is 16.8 Å². The summed E-state index contributed by atoms with van der Waals surface area (Å²) in [6.07, 6.45) is 8.83. The molecule has 6 heteroatoms. The van der Waals surface area contributed by atoms with Gasteiger partial charge >= 0.3 is 0 Å². The zero-order chi connectivity index (χ0) is 21.2. The molecule has 1 atom stereocenters. The summed E-state index contributed by atoms with van der Waals surface area (Å²) >= 11 is 0. The van der Waals surface area contributed by atoms with Crippen molar-refractivity contribution in [1.82, 2.24) is 19.7 Å². The molecule has 3 heterocycles. The third kappa shape index (κ3) is 3.89. The van der Waals surface area contributed by atoms with E-state index in [0.717, 1.165) is 28.8 Å². The van der Waals surface area contributed by atoms with E-state index in [1.165, 1.54) is 6.07 Å². The smallest absolute Gasteiger partial charge is 0.256 e. The summed E-state index contributed by atoms with van der Waals surface area (Å²) in [7, 11) is 0. The van der Waals surface area contributed by atoms with Crippen molar-refractivity contribution in [2.75, 3.05) is 13.1 Å². The van der Waals surface area contributed by atoms with Gasteiger partial charge in [0, 0.05) is 42.8 Å². The van der Waals surface area contributed by atoms with Gasteiger partial charge in [-0.2, -0.15) is 5.10 Å². The zero-order valence-electron chi connectivity index (χ0n) is 17.0. The molecule has 0 spiro atoms. The van der Waals surface area contributed by atoms with Crippen LogP contribution in [0, 0.1) is 11.7 Å². The van der Waals surface area contributed by atoms with Crippen LogP contribution >= 0.6 is 0 Å². The molecule has 2 aromatic carbocycles. The molecule has 4 aromatic rings. The Kier molecular flexibility index (Phi) is 5.12. The molecule has 1 N–H and O–H groups in total. The van der Waals surface area contributed by atoms with Gasteiger partial charge in [0.05, 0.1) is 17.4 Å². The number of nitrogens with one attached hydrogen (secondary N) is 1. The number of aromatic amines is 1. The number of carbonyl (C=O) groups excluding carboxylic acids is 1. The number of hydrogen-bond acceptors (Lipinski definition) is 2. The Morgan fingerprint density at radius 1 is 1.10 bits per heavy atom. The number of benzene rings is 2. The van der Waals surface area contributed by atoms with Gasteiger partial charge < -0.3 is 9.88 Å². The normalized spacial score (nSPS) is 16.0. The van der Waals surface area contributed by atoms with Gasteiger partial charge in [-0.15, -0.1) is 0 Å². The average Bonchev–Trinajstić information content (AvgIpc) is 3.56. The van der Waals surface area contributed by atoms with Gasteiger partial charge in [0.25, 0.3) is 5.91 Å². The fourth-order valence-corrected chi connectivity index (χ4v) is 4.29. The van der Waals surface area contributed by atoms with Crippen molar-refractivity contribution < 1.29 is 9.18 Å². The molecule has 0 aliphatic carbocycles. The third-order valence-electron chi connectivity index (χ3n) is 5.93. The predicted molar refractivity (Wildman–Crippen MR) is 117 cm³/mol. The highest BCUT2D eigenvalue weighted by Gasteiger charge is 2.29. The summed E-state index contributed by atoms with van der Waals surface area (Å²) < 4.78 is 15.8.